The lowest BCUT2D eigenvalue weighted by molar-refractivity contribution is -0.431. The van der Waals surface area contributed by atoms with Crippen molar-refractivity contribution >= 4 is 5.78 Å². The van der Waals surface area contributed by atoms with E-state index in [4.69, 9.17) is 0 Å². The predicted octanol–water partition coefficient (Wildman–Crippen LogP) is 0.624. The predicted molar refractivity (Wildman–Crippen MR) is 34.1 cm³/mol. The van der Waals surface area contributed by atoms with Crippen molar-refractivity contribution in [3.05, 3.63) is 34.0 Å². The van der Waals surface area contributed by atoms with Crippen molar-refractivity contribution in [1.29, 1.82) is 0 Å². The van der Waals surface area contributed by atoms with Gasteiger partial charge in [0.25, 0.3) is 11.9 Å². The van der Waals surface area contributed by atoms with E-state index in [-0.39, 0.29) is 0 Å². The highest BCUT2D eigenvalue weighted by Crippen LogP contribution is 2.13. The Bertz CT molecular complexity index is 269. The van der Waals surface area contributed by atoms with Crippen molar-refractivity contribution in [2.45, 2.75) is 6.17 Å². The topological polar surface area (TPSA) is 60.2 Å². The Morgan fingerprint density at radius 2 is 2.27 bits per heavy atom. The van der Waals surface area contributed by atoms with Gasteiger partial charge in [-0.1, -0.05) is 6.08 Å². The fourth-order valence-electron chi connectivity index (χ4n) is 0.710. The van der Waals surface area contributed by atoms with Gasteiger partial charge >= 0.3 is 0 Å². The number of rotatable bonds is 1. The molecule has 0 radical (unpaired) electrons. The average Bonchev–Trinajstić information content (AvgIpc) is 1.94. The summed E-state index contributed by atoms with van der Waals surface area (Å²) >= 11 is 0. The number of carbonyl (C=O) groups is 1. The Labute approximate surface area is 61.2 Å². The zero-order valence-corrected chi connectivity index (χ0v) is 5.36. The number of nitrogens with zero attached hydrogens (tertiary/aromatic N) is 1. The maximum atomic E-state index is 12.6. The molecule has 0 N–H and O–H groups in total. The van der Waals surface area contributed by atoms with Crippen molar-refractivity contribution in [3.8, 4) is 0 Å². The van der Waals surface area contributed by atoms with Crippen molar-refractivity contribution in [1.82, 2.24) is 0 Å². The monoisotopic (exact) mass is 157 g/mol. The third kappa shape index (κ3) is 1.31. The van der Waals surface area contributed by atoms with Crippen molar-refractivity contribution in [2.24, 2.45) is 0 Å². The maximum Gasteiger partial charge on any atom is 0.288 e. The molecule has 0 fully saturated rings. The molecule has 4 nitrogen and oxygen atoms in total. The number of alkyl halides is 1. The number of ketones is 1. The second-order valence-electron chi connectivity index (χ2n) is 1.97. The molecule has 0 saturated carbocycles. The van der Waals surface area contributed by atoms with Crippen LogP contribution in [0.25, 0.3) is 0 Å². The Balaban J connectivity index is 2.96. The quantitative estimate of drug-likeness (QED) is 0.414. The molecule has 0 aromatic carbocycles. The summed E-state index contributed by atoms with van der Waals surface area (Å²) in [6, 6.07) is 0. The van der Waals surface area contributed by atoms with Gasteiger partial charge in [-0.25, -0.2) is 4.39 Å². The Hall–Kier alpha value is -1.52. The van der Waals surface area contributed by atoms with Crippen molar-refractivity contribution in [2.75, 3.05) is 0 Å². The van der Waals surface area contributed by atoms with Gasteiger partial charge in [0, 0.05) is 6.08 Å². The molecule has 0 aliphatic heterocycles. The van der Waals surface area contributed by atoms with Gasteiger partial charge in [0.15, 0.2) is 0 Å². The van der Waals surface area contributed by atoms with Crippen molar-refractivity contribution < 1.29 is 14.1 Å². The highest BCUT2D eigenvalue weighted by atomic mass is 19.1. The highest BCUT2D eigenvalue weighted by molar-refractivity contribution is 5.96. The van der Waals surface area contributed by atoms with Crippen LogP contribution in [0.5, 0.6) is 0 Å². The lowest BCUT2D eigenvalue weighted by Crippen LogP contribution is -2.22. The minimum absolute atomic E-state index is 0.697. The van der Waals surface area contributed by atoms with Crippen LogP contribution in [0, 0.1) is 10.1 Å². The van der Waals surface area contributed by atoms with Crippen LogP contribution in [0.15, 0.2) is 23.9 Å². The summed E-state index contributed by atoms with van der Waals surface area (Å²) in [6.45, 7) is 0. The molecule has 0 bridgehead atoms. The van der Waals surface area contributed by atoms with Gasteiger partial charge in [-0.05, 0) is 6.08 Å². The van der Waals surface area contributed by atoms with Crippen LogP contribution in [0.4, 0.5) is 4.39 Å². The standard InChI is InChI=1S/C6H4FNO3/c7-6-4(8(10)11)2-1-3-5(6)9/h1-3,6H. The van der Waals surface area contributed by atoms with E-state index in [1.54, 1.807) is 0 Å². The molecule has 0 amide bonds. The van der Waals surface area contributed by atoms with E-state index in [0.717, 1.165) is 18.2 Å². The molecule has 1 rings (SSSR count). The van der Waals surface area contributed by atoms with Gasteiger partial charge in [0.05, 0.1) is 4.92 Å². The zero-order chi connectivity index (χ0) is 8.43. The van der Waals surface area contributed by atoms with Crippen LogP contribution in [-0.4, -0.2) is 16.9 Å². The normalized spacial score (nSPS) is 23.2. The molecule has 1 atom stereocenters. The number of hydrogen-bond acceptors (Lipinski definition) is 3. The zero-order valence-electron chi connectivity index (χ0n) is 5.36. The molecule has 0 heterocycles. The number of carbonyl (C=O) groups excluding carboxylic acids is 1. The molecular weight excluding hydrogens is 153 g/mol. The molecule has 0 spiro atoms. The Morgan fingerprint density at radius 3 is 2.73 bits per heavy atom. The third-order valence-electron chi connectivity index (χ3n) is 1.25. The lowest BCUT2D eigenvalue weighted by Gasteiger charge is -2.03. The first kappa shape index (κ1) is 7.59. The van der Waals surface area contributed by atoms with Crippen LogP contribution in [0.3, 0.4) is 0 Å². The lowest BCUT2D eigenvalue weighted by atomic mass is 10.1. The summed E-state index contributed by atoms with van der Waals surface area (Å²) in [5.41, 5.74) is -0.697. The third-order valence-corrected chi connectivity index (χ3v) is 1.25. The van der Waals surface area contributed by atoms with E-state index in [1.165, 1.54) is 0 Å². The first-order chi connectivity index (χ1) is 5.13. The average molecular weight is 157 g/mol. The summed E-state index contributed by atoms with van der Waals surface area (Å²) in [5.74, 6) is -0.876. The molecule has 58 valence electrons. The van der Waals surface area contributed by atoms with Gasteiger partial charge < -0.3 is 0 Å². The number of allylic oxidation sites excluding steroid dienone is 4. The molecule has 11 heavy (non-hydrogen) atoms. The molecule has 5 heteroatoms. The van der Waals surface area contributed by atoms with Crippen molar-refractivity contribution in [3.63, 3.8) is 0 Å². The molecule has 1 aliphatic carbocycles. The number of halogens is 1. The van der Waals surface area contributed by atoms with E-state index >= 15 is 0 Å². The van der Waals surface area contributed by atoms with Crippen LogP contribution in [0.2, 0.25) is 0 Å². The van der Waals surface area contributed by atoms with Crippen LogP contribution >= 0.6 is 0 Å². The molecular formula is C6H4FNO3. The van der Waals surface area contributed by atoms with E-state index in [1.807, 2.05) is 0 Å². The van der Waals surface area contributed by atoms with Gasteiger partial charge in [-0.15, -0.1) is 0 Å². The summed E-state index contributed by atoms with van der Waals surface area (Å²) in [7, 11) is 0. The van der Waals surface area contributed by atoms with Crippen LogP contribution in [-0.2, 0) is 4.79 Å². The second-order valence-corrected chi connectivity index (χ2v) is 1.97. The summed E-state index contributed by atoms with van der Waals surface area (Å²) in [5, 5.41) is 10.0. The van der Waals surface area contributed by atoms with Crippen LogP contribution < -0.4 is 0 Å². The Kier molecular flexibility index (Phi) is 1.80. The fourth-order valence-corrected chi connectivity index (χ4v) is 0.710. The van der Waals surface area contributed by atoms with Gasteiger partial charge in [0.1, 0.15) is 0 Å². The van der Waals surface area contributed by atoms with E-state index in [0.29, 0.717) is 0 Å². The smallest absolute Gasteiger partial charge is 0.288 e. The number of nitro groups is 1. The first-order valence-electron chi connectivity index (χ1n) is 2.83. The molecule has 1 aliphatic rings. The minimum Gasteiger partial charge on any atom is -0.291 e. The fraction of sp³-hybridized carbons (Fsp3) is 0.167. The van der Waals surface area contributed by atoms with Gasteiger partial charge in [0.2, 0.25) is 5.78 Å². The maximum absolute atomic E-state index is 12.6. The van der Waals surface area contributed by atoms with E-state index < -0.39 is 22.6 Å². The summed E-state index contributed by atoms with van der Waals surface area (Å²) < 4.78 is 12.6. The summed E-state index contributed by atoms with van der Waals surface area (Å²) in [4.78, 5) is 19.6. The number of hydrogen-bond donors (Lipinski definition) is 0. The Morgan fingerprint density at radius 1 is 1.64 bits per heavy atom. The molecule has 0 saturated heterocycles. The van der Waals surface area contributed by atoms with E-state index in [9.17, 15) is 19.3 Å². The van der Waals surface area contributed by atoms with Crippen LogP contribution in [0.1, 0.15) is 0 Å². The largest absolute Gasteiger partial charge is 0.291 e. The molecule has 1 unspecified atom stereocenters. The minimum atomic E-state index is -2.10. The van der Waals surface area contributed by atoms with E-state index in [2.05, 4.69) is 0 Å². The molecule has 0 aromatic heterocycles. The summed E-state index contributed by atoms with van der Waals surface area (Å²) in [6.07, 6.45) is 1.01. The second kappa shape index (κ2) is 2.61. The SMILES string of the molecule is O=C1C=CC=C([N+](=O)[O-])C1F. The first-order valence-corrected chi connectivity index (χ1v) is 2.83. The van der Waals surface area contributed by atoms with Gasteiger partial charge in [-0.2, -0.15) is 0 Å². The highest BCUT2D eigenvalue weighted by Gasteiger charge is 2.31. The molecule has 0 aromatic rings. The van der Waals surface area contributed by atoms with Gasteiger partial charge in [-0.3, -0.25) is 14.9 Å².